The topological polar surface area (TPSA) is 26.0 Å². The van der Waals surface area contributed by atoms with Crippen molar-refractivity contribution in [3.63, 3.8) is 0 Å². The second-order valence-corrected chi connectivity index (χ2v) is 2.88. The van der Waals surface area contributed by atoms with E-state index in [-0.39, 0.29) is 12.4 Å². The summed E-state index contributed by atoms with van der Waals surface area (Å²) in [6.45, 7) is 3.42. The fourth-order valence-electron chi connectivity index (χ4n) is 1.06. The number of rotatable bonds is 2. The largest absolute Gasteiger partial charge is 0.416 e. The Hall–Kier alpha value is -1.00. The van der Waals surface area contributed by atoms with Crippen LogP contribution in [0.2, 0.25) is 0 Å². The second kappa shape index (κ2) is 5.19. The second-order valence-electron chi connectivity index (χ2n) is 2.88. The lowest BCUT2D eigenvalue weighted by Gasteiger charge is -2.10. The third-order valence-corrected chi connectivity index (χ3v) is 1.85. The van der Waals surface area contributed by atoms with Gasteiger partial charge in [-0.2, -0.15) is 13.2 Å². The fourth-order valence-corrected chi connectivity index (χ4v) is 1.06. The first-order chi connectivity index (χ1) is 6.45. The van der Waals surface area contributed by atoms with Gasteiger partial charge in [-0.05, 0) is 17.7 Å². The summed E-state index contributed by atoms with van der Waals surface area (Å²) in [5.74, 6) is 0. The molecule has 0 aliphatic carbocycles. The molecule has 0 unspecified atom stereocenters. The number of halogens is 4. The van der Waals surface area contributed by atoms with Gasteiger partial charge in [-0.15, -0.1) is 19.0 Å². The summed E-state index contributed by atoms with van der Waals surface area (Å²) in [6, 6.07) is 4.37. The van der Waals surface area contributed by atoms with Crippen molar-refractivity contribution in [3.8, 4) is 0 Å². The van der Waals surface area contributed by atoms with E-state index in [1.807, 2.05) is 0 Å². The summed E-state index contributed by atoms with van der Waals surface area (Å²) in [6.07, 6.45) is -2.92. The average Bonchev–Trinajstić information content (AvgIpc) is 2.15. The minimum absolute atomic E-state index is 0. The first-order valence-electron chi connectivity index (χ1n) is 4.00. The van der Waals surface area contributed by atoms with Crippen LogP contribution in [0.5, 0.6) is 0 Å². The molecular formula is C10H11ClF3N. The fraction of sp³-hybridized carbons (Fsp3) is 0.200. The molecule has 0 saturated carbocycles. The van der Waals surface area contributed by atoms with Crippen LogP contribution in [-0.2, 0) is 6.18 Å². The molecule has 0 bridgehead atoms. The van der Waals surface area contributed by atoms with Gasteiger partial charge in [0.2, 0.25) is 0 Å². The summed E-state index contributed by atoms with van der Waals surface area (Å²) in [4.78, 5) is 0. The number of hydrogen-bond donors (Lipinski definition) is 1. The van der Waals surface area contributed by atoms with Gasteiger partial charge in [0.1, 0.15) is 0 Å². The molecule has 5 heteroatoms. The molecule has 1 aromatic rings. The van der Waals surface area contributed by atoms with Crippen molar-refractivity contribution in [3.05, 3.63) is 48.0 Å². The van der Waals surface area contributed by atoms with Gasteiger partial charge >= 0.3 is 6.18 Å². The van der Waals surface area contributed by atoms with Crippen molar-refractivity contribution >= 4 is 12.4 Å². The van der Waals surface area contributed by atoms with E-state index >= 15 is 0 Å². The van der Waals surface area contributed by atoms with Crippen molar-refractivity contribution < 1.29 is 13.2 Å². The Labute approximate surface area is 92.2 Å². The van der Waals surface area contributed by atoms with Gasteiger partial charge in [-0.1, -0.05) is 18.2 Å². The zero-order valence-corrected chi connectivity index (χ0v) is 8.61. The smallest absolute Gasteiger partial charge is 0.321 e. The minimum atomic E-state index is -4.32. The molecule has 2 N–H and O–H groups in total. The molecule has 84 valence electrons. The molecule has 0 fully saturated rings. The van der Waals surface area contributed by atoms with Crippen LogP contribution in [0.25, 0.3) is 0 Å². The molecule has 0 aromatic heterocycles. The Morgan fingerprint density at radius 1 is 1.33 bits per heavy atom. The zero-order chi connectivity index (χ0) is 10.8. The van der Waals surface area contributed by atoms with E-state index < -0.39 is 17.8 Å². The minimum Gasteiger partial charge on any atom is -0.321 e. The maximum atomic E-state index is 12.3. The van der Waals surface area contributed by atoms with Crippen LogP contribution in [0.1, 0.15) is 17.2 Å². The predicted octanol–water partition coefficient (Wildman–Crippen LogP) is 3.31. The van der Waals surface area contributed by atoms with Crippen molar-refractivity contribution in [2.24, 2.45) is 5.73 Å². The summed E-state index contributed by atoms with van der Waals surface area (Å²) in [5, 5.41) is 0. The standard InChI is InChI=1S/C10H10F3N.ClH/c1-2-9(14)7-4-3-5-8(6-7)10(11,12)13;/h2-6,9H,1,14H2;1H/t9-;/m0./s1. The molecule has 1 aromatic carbocycles. The van der Waals surface area contributed by atoms with Crippen LogP contribution < -0.4 is 5.73 Å². The summed E-state index contributed by atoms with van der Waals surface area (Å²) in [7, 11) is 0. The van der Waals surface area contributed by atoms with Crippen LogP contribution in [0.15, 0.2) is 36.9 Å². The highest BCUT2D eigenvalue weighted by Crippen LogP contribution is 2.30. The Morgan fingerprint density at radius 3 is 2.40 bits per heavy atom. The number of benzene rings is 1. The molecule has 0 aliphatic heterocycles. The molecule has 0 heterocycles. The molecule has 1 atom stereocenters. The highest BCUT2D eigenvalue weighted by atomic mass is 35.5. The van der Waals surface area contributed by atoms with Crippen LogP contribution in [0.3, 0.4) is 0 Å². The summed E-state index contributed by atoms with van der Waals surface area (Å²) >= 11 is 0. The van der Waals surface area contributed by atoms with E-state index in [0.717, 1.165) is 12.1 Å². The molecule has 15 heavy (non-hydrogen) atoms. The average molecular weight is 238 g/mol. The van der Waals surface area contributed by atoms with Gasteiger partial charge in [0.05, 0.1) is 5.56 Å². The molecule has 0 radical (unpaired) electrons. The van der Waals surface area contributed by atoms with E-state index in [0.29, 0.717) is 5.56 Å². The Bertz CT molecular complexity index is 336. The van der Waals surface area contributed by atoms with Crippen LogP contribution in [0, 0.1) is 0 Å². The molecule has 0 amide bonds. The molecule has 1 nitrogen and oxygen atoms in total. The quantitative estimate of drug-likeness (QED) is 0.785. The first-order valence-corrected chi connectivity index (χ1v) is 4.00. The van der Waals surface area contributed by atoms with Crippen molar-refractivity contribution in [2.45, 2.75) is 12.2 Å². The van der Waals surface area contributed by atoms with Gasteiger partial charge in [0.15, 0.2) is 0 Å². The number of hydrogen-bond acceptors (Lipinski definition) is 1. The van der Waals surface area contributed by atoms with Gasteiger partial charge in [-0.25, -0.2) is 0 Å². The van der Waals surface area contributed by atoms with Crippen LogP contribution in [0.4, 0.5) is 13.2 Å². The van der Waals surface area contributed by atoms with E-state index in [4.69, 9.17) is 5.73 Å². The van der Waals surface area contributed by atoms with E-state index in [2.05, 4.69) is 6.58 Å². The van der Waals surface area contributed by atoms with E-state index in [9.17, 15) is 13.2 Å². The van der Waals surface area contributed by atoms with Crippen molar-refractivity contribution in [1.29, 1.82) is 0 Å². The molecule has 0 aliphatic rings. The van der Waals surface area contributed by atoms with Crippen LogP contribution >= 0.6 is 12.4 Å². The Kier molecular flexibility index (Phi) is 4.84. The lowest BCUT2D eigenvalue weighted by Crippen LogP contribution is -2.10. The number of nitrogens with two attached hydrogens (primary N) is 1. The van der Waals surface area contributed by atoms with E-state index in [1.54, 1.807) is 6.07 Å². The molecule has 1 rings (SSSR count). The van der Waals surface area contributed by atoms with Crippen molar-refractivity contribution in [2.75, 3.05) is 0 Å². The monoisotopic (exact) mass is 237 g/mol. The number of alkyl halides is 3. The third kappa shape index (κ3) is 3.57. The highest BCUT2D eigenvalue weighted by molar-refractivity contribution is 5.85. The van der Waals surface area contributed by atoms with Crippen molar-refractivity contribution in [1.82, 2.24) is 0 Å². The van der Waals surface area contributed by atoms with E-state index in [1.165, 1.54) is 12.1 Å². The van der Waals surface area contributed by atoms with Gasteiger partial charge < -0.3 is 5.73 Å². The highest BCUT2D eigenvalue weighted by Gasteiger charge is 2.30. The Balaban J connectivity index is 0.00000196. The normalized spacial score (nSPS) is 12.8. The summed E-state index contributed by atoms with van der Waals surface area (Å²) in [5.41, 5.74) is 5.25. The maximum absolute atomic E-state index is 12.3. The Morgan fingerprint density at radius 2 is 1.93 bits per heavy atom. The molecule has 0 spiro atoms. The maximum Gasteiger partial charge on any atom is 0.416 e. The third-order valence-electron chi connectivity index (χ3n) is 1.85. The van der Waals surface area contributed by atoms with Gasteiger partial charge in [0.25, 0.3) is 0 Å². The van der Waals surface area contributed by atoms with Gasteiger partial charge in [0, 0.05) is 6.04 Å². The lowest BCUT2D eigenvalue weighted by molar-refractivity contribution is -0.137. The SMILES string of the molecule is C=C[C@H](N)c1cccc(C(F)(F)F)c1.Cl. The first kappa shape index (κ1) is 14.0. The zero-order valence-electron chi connectivity index (χ0n) is 7.79. The van der Waals surface area contributed by atoms with Gasteiger partial charge in [-0.3, -0.25) is 0 Å². The molecule has 0 saturated heterocycles. The van der Waals surface area contributed by atoms with Crippen LogP contribution in [-0.4, -0.2) is 0 Å². The lowest BCUT2D eigenvalue weighted by atomic mass is 10.0. The predicted molar refractivity (Wildman–Crippen MR) is 55.8 cm³/mol. The molecular weight excluding hydrogens is 227 g/mol. The summed E-state index contributed by atoms with van der Waals surface area (Å²) < 4.78 is 36.8.